The first kappa shape index (κ1) is 35.9. The maximum Gasteiger partial charge on any atom is 0.331 e. The van der Waals surface area contributed by atoms with Crippen molar-refractivity contribution in [3.05, 3.63) is 29.8 Å². The first-order valence-corrected chi connectivity index (χ1v) is 12.6. The molecule has 42 heavy (non-hydrogen) atoms. The van der Waals surface area contributed by atoms with Crippen molar-refractivity contribution in [2.75, 3.05) is 6.61 Å². The predicted molar refractivity (Wildman–Crippen MR) is 142 cm³/mol. The summed E-state index contributed by atoms with van der Waals surface area (Å²) >= 11 is 0. The second-order valence-corrected chi connectivity index (χ2v) is 9.32. The Kier molecular flexibility index (Phi) is 14.5. The number of carbonyl (C=O) groups is 6. The van der Waals surface area contributed by atoms with E-state index in [-0.39, 0.29) is 25.0 Å². The minimum atomic E-state index is -1.45. The van der Waals surface area contributed by atoms with Gasteiger partial charge in [0.15, 0.2) is 0 Å². The standard InChI is InChI=1S/C25H37N5O12/c1-11(19(29)21(33)34)40-23(36)16(27)9-13-3-5-14(6-4-13)42-24(37)17(28)10-39-25(38)20(30)12(2)41-22(35)15(26)7-8-18(31)32/h3-6,11-12,15-17,19-20H,7-10,26-30H2,1-2H3,(H,31,32)(H,33,34)/t11-,12-,15+,16+,17+,19+,20+/m1/s1. The van der Waals surface area contributed by atoms with Crippen LogP contribution in [-0.2, 0) is 49.4 Å². The fourth-order valence-electron chi connectivity index (χ4n) is 3.04. The molecule has 0 saturated carbocycles. The Morgan fingerprint density at radius 1 is 0.714 bits per heavy atom. The monoisotopic (exact) mass is 599 g/mol. The Balaban J connectivity index is 2.53. The van der Waals surface area contributed by atoms with Gasteiger partial charge in [0.25, 0.3) is 0 Å². The van der Waals surface area contributed by atoms with Crippen LogP contribution in [0.25, 0.3) is 0 Å². The van der Waals surface area contributed by atoms with Crippen LogP contribution in [0.1, 0.15) is 32.3 Å². The van der Waals surface area contributed by atoms with E-state index < -0.39 is 84.8 Å². The maximum absolute atomic E-state index is 12.3. The molecule has 0 aliphatic rings. The number of carbonyl (C=O) groups excluding carboxylic acids is 4. The zero-order chi connectivity index (χ0) is 32.1. The van der Waals surface area contributed by atoms with Gasteiger partial charge in [-0.1, -0.05) is 12.1 Å². The van der Waals surface area contributed by atoms with E-state index >= 15 is 0 Å². The highest BCUT2D eigenvalue weighted by molar-refractivity contribution is 5.81. The second-order valence-electron chi connectivity index (χ2n) is 9.32. The molecule has 0 spiro atoms. The highest BCUT2D eigenvalue weighted by Gasteiger charge is 2.29. The molecule has 17 nitrogen and oxygen atoms in total. The molecule has 1 aromatic rings. The first-order valence-electron chi connectivity index (χ1n) is 12.6. The molecule has 12 N–H and O–H groups in total. The number of nitrogens with two attached hydrogens (primary N) is 5. The van der Waals surface area contributed by atoms with Gasteiger partial charge in [0.2, 0.25) is 0 Å². The van der Waals surface area contributed by atoms with Crippen LogP contribution in [0, 0.1) is 0 Å². The van der Waals surface area contributed by atoms with Crippen LogP contribution in [0.2, 0.25) is 0 Å². The fourth-order valence-corrected chi connectivity index (χ4v) is 3.04. The molecule has 234 valence electrons. The van der Waals surface area contributed by atoms with Gasteiger partial charge in [-0.25, -0.2) is 4.79 Å². The maximum atomic E-state index is 12.3. The van der Waals surface area contributed by atoms with E-state index in [9.17, 15) is 28.8 Å². The topological polar surface area (TPSA) is 310 Å². The van der Waals surface area contributed by atoms with Crippen molar-refractivity contribution in [1.82, 2.24) is 0 Å². The molecule has 0 bridgehead atoms. The number of esters is 4. The van der Waals surface area contributed by atoms with Crippen molar-refractivity contribution in [2.24, 2.45) is 28.7 Å². The molecular formula is C25H37N5O12. The third-order valence-corrected chi connectivity index (χ3v) is 5.75. The highest BCUT2D eigenvalue weighted by atomic mass is 16.6. The number of rotatable bonds is 17. The Bertz CT molecular complexity index is 1120. The highest BCUT2D eigenvalue weighted by Crippen LogP contribution is 2.15. The van der Waals surface area contributed by atoms with Gasteiger partial charge in [-0.05, 0) is 44.4 Å². The lowest BCUT2D eigenvalue weighted by atomic mass is 10.1. The van der Waals surface area contributed by atoms with Gasteiger partial charge in [-0.3, -0.25) is 24.0 Å². The van der Waals surface area contributed by atoms with Crippen molar-refractivity contribution in [3.63, 3.8) is 0 Å². The number of hydrogen-bond donors (Lipinski definition) is 7. The first-order chi connectivity index (χ1) is 19.5. The lowest BCUT2D eigenvalue weighted by Crippen LogP contribution is -2.47. The Morgan fingerprint density at radius 3 is 1.76 bits per heavy atom. The molecule has 17 heteroatoms. The van der Waals surface area contributed by atoms with Gasteiger partial charge in [0.1, 0.15) is 54.8 Å². The van der Waals surface area contributed by atoms with Crippen molar-refractivity contribution in [1.29, 1.82) is 0 Å². The molecule has 0 aliphatic carbocycles. The normalized spacial score (nSPS) is 16.0. The minimum Gasteiger partial charge on any atom is -0.481 e. The lowest BCUT2D eigenvalue weighted by Gasteiger charge is -2.21. The average Bonchev–Trinajstić information content (AvgIpc) is 2.93. The quantitative estimate of drug-likeness (QED) is 0.0537. The summed E-state index contributed by atoms with van der Waals surface area (Å²) in [5.74, 6) is -6.17. The van der Waals surface area contributed by atoms with Crippen LogP contribution in [-0.4, -0.2) is 95.1 Å². The van der Waals surface area contributed by atoms with Gasteiger partial charge in [0.05, 0.1) is 0 Å². The largest absolute Gasteiger partial charge is 0.481 e. The molecule has 7 atom stereocenters. The SMILES string of the molecule is C[C@@H](OC(=O)[C@@H](N)Cc1ccc(OC(=O)[C@@H](N)COC(=O)[C@@H](N)[C@@H](C)OC(=O)[C@@H](N)CCC(=O)O)cc1)[C@H](N)C(=O)O. The number of carboxylic acids is 2. The number of ether oxygens (including phenoxy) is 4. The zero-order valence-electron chi connectivity index (χ0n) is 23.0. The molecule has 0 saturated heterocycles. The van der Waals surface area contributed by atoms with Crippen LogP contribution in [0.3, 0.4) is 0 Å². The van der Waals surface area contributed by atoms with Crippen molar-refractivity contribution < 1.29 is 57.9 Å². The summed E-state index contributed by atoms with van der Waals surface area (Å²) in [6.07, 6.45) is -2.77. The van der Waals surface area contributed by atoms with Crippen molar-refractivity contribution in [3.8, 4) is 5.75 Å². The zero-order valence-corrected chi connectivity index (χ0v) is 23.0. The van der Waals surface area contributed by atoms with E-state index in [1.165, 1.54) is 38.1 Å². The summed E-state index contributed by atoms with van der Waals surface area (Å²) in [6, 6.07) is -0.751. The van der Waals surface area contributed by atoms with E-state index in [1.807, 2.05) is 0 Å². The molecule has 1 aromatic carbocycles. The molecule has 0 aromatic heterocycles. The van der Waals surface area contributed by atoms with Gasteiger partial charge < -0.3 is 57.8 Å². The van der Waals surface area contributed by atoms with Crippen molar-refractivity contribution >= 4 is 35.8 Å². The summed E-state index contributed by atoms with van der Waals surface area (Å²) in [6.45, 7) is 2.02. The van der Waals surface area contributed by atoms with Crippen LogP contribution in [0.5, 0.6) is 5.75 Å². The van der Waals surface area contributed by atoms with Crippen LogP contribution >= 0.6 is 0 Å². The van der Waals surface area contributed by atoms with Gasteiger partial charge >= 0.3 is 35.8 Å². The molecule has 0 aliphatic heterocycles. The predicted octanol–water partition coefficient (Wildman–Crippen LogP) is -2.87. The number of carboxylic acid groups (broad SMARTS) is 2. The summed E-state index contributed by atoms with van der Waals surface area (Å²) in [5, 5.41) is 17.5. The Hall–Kier alpha value is -4.16. The molecule has 0 radical (unpaired) electrons. The number of hydrogen-bond acceptors (Lipinski definition) is 15. The second kappa shape index (κ2) is 16.9. The van der Waals surface area contributed by atoms with E-state index in [0.717, 1.165) is 0 Å². The van der Waals surface area contributed by atoms with Crippen LogP contribution in [0.4, 0.5) is 0 Å². The van der Waals surface area contributed by atoms with Gasteiger partial charge in [0, 0.05) is 6.42 Å². The molecule has 0 heterocycles. The third-order valence-electron chi connectivity index (χ3n) is 5.75. The molecule has 1 rings (SSSR count). The summed E-state index contributed by atoms with van der Waals surface area (Å²) in [4.78, 5) is 70.0. The van der Waals surface area contributed by atoms with Crippen LogP contribution in [0.15, 0.2) is 24.3 Å². The van der Waals surface area contributed by atoms with E-state index in [4.69, 9.17) is 57.8 Å². The molecule has 0 unspecified atom stereocenters. The summed E-state index contributed by atoms with van der Waals surface area (Å²) in [5.41, 5.74) is 28.8. The van der Waals surface area contributed by atoms with Gasteiger partial charge in [-0.2, -0.15) is 0 Å². The Morgan fingerprint density at radius 2 is 1.24 bits per heavy atom. The molecule has 0 amide bonds. The van der Waals surface area contributed by atoms with E-state index in [2.05, 4.69) is 0 Å². The fraction of sp³-hybridized carbons (Fsp3) is 0.520. The van der Waals surface area contributed by atoms with E-state index in [1.54, 1.807) is 0 Å². The van der Waals surface area contributed by atoms with Crippen molar-refractivity contribution in [2.45, 2.75) is 75.5 Å². The molecular weight excluding hydrogens is 562 g/mol. The lowest BCUT2D eigenvalue weighted by molar-refractivity contribution is -0.158. The molecule has 0 fully saturated rings. The third kappa shape index (κ3) is 12.1. The van der Waals surface area contributed by atoms with Gasteiger partial charge in [-0.15, -0.1) is 0 Å². The Labute approximate surface area is 240 Å². The number of benzene rings is 1. The minimum absolute atomic E-state index is 0.0276. The summed E-state index contributed by atoms with van der Waals surface area (Å²) < 4.78 is 20.0. The summed E-state index contributed by atoms with van der Waals surface area (Å²) in [7, 11) is 0. The van der Waals surface area contributed by atoms with E-state index in [0.29, 0.717) is 5.56 Å². The smallest absolute Gasteiger partial charge is 0.331 e. The van der Waals surface area contributed by atoms with Crippen LogP contribution < -0.4 is 33.4 Å². The number of aliphatic carboxylic acids is 2. The average molecular weight is 600 g/mol.